The van der Waals surface area contributed by atoms with Crippen molar-refractivity contribution in [2.75, 3.05) is 48.8 Å². The summed E-state index contributed by atoms with van der Waals surface area (Å²) in [6, 6.07) is 8.21. The second-order valence-corrected chi connectivity index (χ2v) is 5.76. The van der Waals surface area contributed by atoms with E-state index in [0.29, 0.717) is 0 Å². The third kappa shape index (κ3) is 2.65. The van der Waals surface area contributed by atoms with Crippen molar-refractivity contribution in [3.63, 3.8) is 0 Å². The van der Waals surface area contributed by atoms with Crippen LogP contribution in [-0.4, -0.2) is 38.3 Å². The van der Waals surface area contributed by atoms with E-state index >= 15 is 0 Å². The smallest absolute Gasteiger partial charge is 0.187 e. The summed E-state index contributed by atoms with van der Waals surface area (Å²) < 4.78 is 5.28. The van der Waals surface area contributed by atoms with Crippen LogP contribution in [0.4, 0.5) is 15.8 Å². The fourth-order valence-corrected chi connectivity index (χ4v) is 3.12. The molecule has 2 N–H and O–H groups in total. The number of nitrogen functional groups attached to an aromatic ring is 1. The Morgan fingerprint density at radius 3 is 2.60 bits per heavy atom. The molecule has 1 aromatic heterocycles. The number of piperazine rings is 1. The van der Waals surface area contributed by atoms with Crippen molar-refractivity contribution in [1.82, 2.24) is 4.98 Å². The van der Waals surface area contributed by atoms with E-state index < -0.39 is 0 Å². The molecule has 2 aromatic rings. The predicted molar refractivity (Wildman–Crippen MR) is 83.9 cm³/mol. The number of hydrogen-bond donors (Lipinski definition) is 1. The lowest BCUT2D eigenvalue weighted by Crippen LogP contribution is -2.46. The predicted octanol–water partition coefficient (Wildman–Crippen LogP) is 2.06. The second kappa shape index (κ2) is 5.58. The van der Waals surface area contributed by atoms with Crippen LogP contribution >= 0.6 is 11.3 Å². The number of hydrogen-bond acceptors (Lipinski definition) is 6. The van der Waals surface area contributed by atoms with Gasteiger partial charge in [0, 0.05) is 37.9 Å². The van der Waals surface area contributed by atoms with E-state index in [4.69, 9.17) is 10.5 Å². The maximum Gasteiger partial charge on any atom is 0.187 e. The molecule has 0 unspecified atom stereocenters. The number of thiazole rings is 1. The number of anilines is 3. The van der Waals surface area contributed by atoms with Gasteiger partial charge in [0.2, 0.25) is 0 Å². The van der Waals surface area contributed by atoms with Crippen molar-refractivity contribution in [3.8, 4) is 5.75 Å². The standard InChI is InChI=1S/C14H18N4OS/c1-19-12-4-2-3-11(9-12)17-5-7-18(8-6-17)14-16-10-13(15)20-14/h2-4,9-10H,5-8,15H2,1H3. The molecule has 1 aromatic carbocycles. The summed E-state index contributed by atoms with van der Waals surface area (Å²) >= 11 is 1.55. The minimum absolute atomic E-state index is 0.773. The van der Waals surface area contributed by atoms with Crippen molar-refractivity contribution in [2.24, 2.45) is 0 Å². The zero-order valence-corrected chi connectivity index (χ0v) is 12.3. The third-order valence-corrected chi connectivity index (χ3v) is 4.37. The van der Waals surface area contributed by atoms with E-state index in [9.17, 15) is 0 Å². The summed E-state index contributed by atoms with van der Waals surface area (Å²) in [6.45, 7) is 3.88. The monoisotopic (exact) mass is 290 g/mol. The summed E-state index contributed by atoms with van der Waals surface area (Å²) in [5.41, 5.74) is 6.95. The lowest BCUT2D eigenvalue weighted by molar-refractivity contribution is 0.414. The van der Waals surface area contributed by atoms with Gasteiger partial charge in [-0.1, -0.05) is 17.4 Å². The molecular formula is C14H18N4OS. The van der Waals surface area contributed by atoms with Gasteiger partial charge in [-0.05, 0) is 12.1 Å². The van der Waals surface area contributed by atoms with Gasteiger partial charge >= 0.3 is 0 Å². The first kappa shape index (κ1) is 13.1. The molecule has 0 saturated carbocycles. The summed E-state index contributed by atoms with van der Waals surface area (Å²) in [7, 11) is 1.70. The van der Waals surface area contributed by atoms with Crippen molar-refractivity contribution in [1.29, 1.82) is 0 Å². The largest absolute Gasteiger partial charge is 0.497 e. The number of rotatable bonds is 3. The Labute approximate surface area is 122 Å². The highest BCUT2D eigenvalue weighted by Crippen LogP contribution is 2.27. The quantitative estimate of drug-likeness (QED) is 0.937. The van der Waals surface area contributed by atoms with Crippen LogP contribution in [0.5, 0.6) is 5.75 Å². The van der Waals surface area contributed by atoms with E-state index in [1.807, 2.05) is 12.1 Å². The Bertz CT molecular complexity index is 578. The molecule has 0 radical (unpaired) electrons. The van der Waals surface area contributed by atoms with Crippen LogP contribution in [0.3, 0.4) is 0 Å². The summed E-state index contributed by atoms with van der Waals surface area (Å²) in [5.74, 6) is 0.901. The van der Waals surface area contributed by atoms with Crippen LogP contribution in [0.1, 0.15) is 0 Å². The molecule has 0 atom stereocenters. The molecule has 0 spiro atoms. The minimum Gasteiger partial charge on any atom is -0.497 e. The molecule has 5 nitrogen and oxygen atoms in total. The van der Waals surface area contributed by atoms with Crippen molar-refractivity contribution in [3.05, 3.63) is 30.5 Å². The number of aromatic nitrogens is 1. The summed E-state index contributed by atoms with van der Waals surface area (Å²) in [4.78, 5) is 9.01. The van der Waals surface area contributed by atoms with Gasteiger partial charge in [-0.2, -0.15) is 0 Å². The Kier molecular flexibility index (Phi) is 3.64. The van der Waals surface area contributed by atoms with Gasteiger partial charge in [0.15, 0.2) is 5.13 Å². The molecule has 1 fully saturated rings. The first-order chi connectivity index (χ1) is 9.76. The van der Waals surface area contributed by atoms with Gasteiger partial charge < -0.3 is 20.3 Å². The SMILES string of the molecule is COc1cccc(N2CCN(c3ncc(N)s3)CC2)c1. The maximum absolute atomic E-state index is 5.74. The average Bonchev–Trinajstić information content (AvgIpc) is 2.94. The molecule has 1 aliphatic heterocycles. The first-order valence-corrected chi connectivity index (χ1v) is 7.43. The molecule has 1 aliphatic rings. The molecule has 0 aliphatic carbocycles. The number of benzene rings is 1. The lowest BCUT2D eigenvalue weighted by Gasteiger charge is -2.36. The van der Waals surface area contributed by atoms with E-state index in [2.05, 4.69) is 26.9 Å². The van der Waals surface area contributed by atoms with Crippen molar-refractivity contribution < 1.29 is 4.74 Å². The fourth-order valence-electron chi connectivity index (χ4n) is 2.39. The van der Waals surface area contributed by atoms with Gasteiger partial charge in [-0.3, -0.25) is 0 Å². The third-order valence-electron chi connectivity index (χ3n) is 3.48. The minimum atomic E-state index is 0.773. The van der Waals surface area contributed by atoms with E-state index in [1.165, 1.54) is 5.69 Å². The van der Waals surface area contributed by atoms with Crippen LogP contribution in [0.2, 0.25) is 0 Å². The van der Waals surface area contributed by atoms with Crippen LogP contribution in [0, 0.1) is 0 Å². The van der Waals surface area contributed by atoms with Gasteiger partial charge in [-0.25, -0.2) is 4.98 Å². The zero-order valence-electron chi connectivity index (χ0n) is 11.5. The lowest BCUT2D eigenvalue weighted by atomic mass is 10.2. The number of nitrogens with zero attached hydrogens (tertiary/aromatic N) is 3. The topological polar surface area (TPSA) is 54.6 Å². The molecule has 0 bridgehead atoms. The molecule has 6 heteroatoms. The van der Waals surface area contributed by atoms with Gasteiger partial charge in [-0.15, -0.1) is 0 Å². The maximum atomic E-state index is 5.74. The van der Waals surface area contributed by atoms with E-state index in [1.54, 1.807) is 24.6 Å². The van der Waals surface area contributed by atoms with Crippen molar-refractivity contribution >= 4 is 27.2 Å². The molecule has 2 heterocycles. The fraction of sp³-hybridized carbons (Fsp3) is 0.357. The highest BCUT2D eigenvalue weighted by atomic mass is 32.1. The molecule has 20 heavy (non-hydrogen) atoms. The van der Waals surface area contributed by atoms with Gasteiger partial charge in [0.25, 0.3) is 0 Å². The highest BCUT2D eigenvalue weighted by molar-refractivity contribution is 7.19. The number of methoxy groups -OCH3 is 1. The first-order valence-electron chi connectivity index (χ1n) is 6.61. The van der Waals surface area contributed by atoms with Gasteiger partial charge in [0.1, 0.15) is 10.8 Å². The number of ether oxygens (including phenoxy) is 1. The van der Waals surface area contributed by atoms with Crippen LogP contribution < -0.4 is 20.3 Å². The molecule has 106 valence electrons. The van der Waals surface area contributed by atoms with E-state index in [0.717, 1.165) is 42.1 Å². The Morgan fingerprint density at radius 1 is 1.20 bits per heavy atom. The summed E-state index contributed by atoms with van der Waals surface area (Å²) in [6.07, 6.45) is 1.73. The van der Waals surface area contributed by atoms with E-state index in [-0.39, 0.29) is 0 Å². The molecular weight excluding hydrogens is 272 g/mol. The second-order valence-electron chi connectivity index (χ2n) is 4.72. The molecule has 0 amide bonds. The zero-order chi connectivity index (χ0) is 13.9. The molecule has 1 saturated heterocycles. The van der Waals surface area contributed by atoms with Crippen molar-refractivity contribution in [2.45, 2.75) is 0 Å². The Morgan fingerprint density at radius 2 is 1.95 bits per heavy atom. The van der Waals surface area contributed by atoms with Crippen LogP contribution in [0.15, 0.2) is 30.5 Å². The van der Waals surface area contributed by atoms with Gasteiger partial charge in [0.05, 0.1) is 13.3 Å². The highest BCUT2D eigenvalue weighted by Gasteiger charge is 2.19. The summed E-state index contributed by atoms with van der Waals surface area (Å²) in [5, 5.41) is 1.79. The molecule has 3 rings (SSSR count). The van der Waals surface area contributed by atoms with Crippen LogP contribution in [0.25, 0.3) is 0 Å². The average molecular weight is 290 g/mol. The normalized spacial score (nSPS) is 15.4. The Hall–Kier alpha value is -1.95. The number of nitrogens with two attached hydrogens (primary N) is 1. The van der Waals surface area contributed by atoms with Crippen LogP contribution in [-0.2, 0) is 0 Å². The Balaban J connectivity index is 1.66.